The summed E-state index contributed by atoms with van der Waals surface area (Å²) in [5.41, 5.74) is 0.945. The molecule has 0 aliphatic heterocycles. The average molecular weight is 428 g/mol. The zero-order valence-electron chi connectivity index (χ0n) is 16.6. The number of halogens is 3. The van der Waals surface area contributed by atoms with Crippen molar-refractivity contribution < 1.29 is 22.7 Å². The average Bonchev–Trinajstić information content (AvgIpc) is 2.73. The van der Waals surface area contributed by atoms with Crippen molar-refractivity contribution in [2.45, 2.75) is 25.4 Å². The predicted molar refractivity (Wildman–Crippen MR) is 110 cm³/mol. The normalized spacial score (nSPS) is 13.5. The minimum absolute atomic E-state index is 0.136. The van der Waals surface area contributed by atoms with Gasteiger partial charge in [0.15, 0.2) is 5.78 Å². The first-order chi connectivity index (χ1) is 14.8. The molecule has 3 aromatic rings. The number of hydrogen-bond acceptors (Lipinski definition) is 6. The van der Waals surface area contributed by atoms with Gasteiger partial charge in [-0.05, 0) is 43.2 Å². The van der Waals surface area contributed by atoms with Gasteiger partial charge in [-0.15, -0.1) is 0 Å². The smallest absolute Gasteiger partial charge is 0.416 e. The Bertz CT molecular complexity index is 1130. The maximum atomic E-state index is 13.1. The molecule has 0 atom stereocenters. The highest BCUT2D eigenvalue weighted by Crippen LogP contribution is 2.33. The van der Waals surface area contributed by atoms with E-state index in [-0.39, 0.29) is 23.2 Å². The van der Waals surface area contributed by atoms with E-state index in [0.717, 1.165) is 12.1 Å². The van der Waals surface area contributed by atoms with Crippen molar-refractivity contribution in [1.29, 1.82) is 0 Å². The van der Waals surface area contributed by atoms with Crippen LogP contribution in [0.5, 0.6) is 5.75 Å². The third kappa shape index (κ3) is 4.60. The monoisotopic (exact) mass is 428 g/mol. The van der Waals surface area contributed by atoms with Gasteiger partial charge < -0.3 is 15.4 Å². The molecule has 160 valence electrons. The van der Waals surface area contributed by atoms with E-state index in [9.17, 15) is 18.0 Å². The van der Waals surface area contributed by atoms with Gasteiger partial charge in [0.25, 0.3) is 0 Å². The van der Waals surface area contributed by atoms with E-state index >= 15 is 0 Å². The predicted octanol–water partition coefficient (Wildman–Crippen LogP) is 5.51. The van der Waals surface area contributed by atoms with Crippen LogP contribution in [0.2, 0.25) is 0 Å². The Kier molecular flexibility index (Phi) is 5.50. The molecule has 1 aliphatic rings. The second-order valence-electron chi connectivity index (χ2n) is 7.05. The lowest BCUT2D eigenvalue weighted by atomic mass is 9.95. The quantitative estimate of drug-likeness (QED) is 0.558. The third-order valence-corrected chi connectivity index (χ3v) is 4.86. The molecule has 0 bridgehead atoms. The van der Waals surface area contributed by atoms with E-state index in [1.54, 1.807) is 31.4 Å². The fraction of sp³-hybridized carbons (Fsp3) is 0.227. The topological polar surface area (TPSA) is 76.1 Å². The van der Waals surface area contributed by atoms with Crippen molar-refractivity contribution in [2.24, 2.45) is 0 Å². The van der Waals surface area contributed by atoms with Crippen LogP contribution < -0.4 is 15.4 Å². The maximum absolute atomic E-state index is 13.1. The number of alkyl halides is 3. The summed E-state index contributed by atoms with van der Waals surface area (Å²) in [5.74, 6) is 0.916. The number of hydrogen-bond donors (Lipinski definition) is 2. The SMILES string of the molecule is COc1cccc(Nc2nc3c(c(Nc4cccc(C(F)(F)F)c4)n2)C(=O)CCC3)c1. The van der Waals surface area contributed by atoms with Crippen LogP contribution in [-0.2, 0) is 12.6 Å². The third-order valence-electron chi connectivity index (χ3n) is 4.86. The summed E-state index contributed by atoms with van der Waals surface area (Å²) < 4.78 is 44.5. The van der Waals surface area contributed by atoms with Gasteiger partial charge in [0, 0.05) is 23.9 Å². The number of aromatic nitrogens is 2. The number of ketones is 1. The fourth-order valence-corrected chi connectivity index (χ4v) is 3.41. The van der Waals surface area contributed by atoms with Gasteiger partial charge in [-0.1, -0.05) is 12.1 Å². The van der Waals surface area contributed by atoms with E-state index in [0.29, 0.717) is 42.0 Å². The molecule has 1 aliphatic carbocycles. The van der Waals surface area contributed by atoms with Crippen LogP contribution in [0.4, 0.5) is 36.3 Å². The molecule has 31 heavy (non-hydrogen) atoms. The molecule has 0 amide bonds. The van der Waals surface area contributed by atoms with Gasteiger partial charge in [-0.25, -0.2) is 4.98 Å². The maximum Gasteiger partial charge on any atom is 0.416 e. The van der Waals surface area contributed by atoms with Gasteiger partial charge in [-0.3, -0.25) is 4.79 Å². The highest BCUT2D eigenvalue weighted by molar-refractivity contribution is 6.03. The van der Waals surface area contributed by atoms with Crippen molar-refractivity contribution in [3.63, 3.8) is 0 Å². The Labute approximate surface area is 176 Å². The molecule has 0 saturated heterocycles. The van der Waals surface area contributed by atoms with E-state index in [1.165, 1.54) is 12.1 Å². The summed E-state index contributed by atoms with van der Waals surface area (Å²) in [6.07, 6.45) is -2.90. The number of nitrogens with one attached hydrogen (secondary N) is 2. The first kappa shape index (κ1) is 20.6. The molecule has 6 nitrogen and oxygen atoms in total. The lowest BCUT2D eigenvalue weighted by Crippen LogP contribution is -2.18. The number of rotatable bonds is 5. The summed E-state index contributed by atoms with van der Waals surface area (Å²) in [6.45, 7) is 0. The zero-order chi connectivity index (χ0) is 22.0. The highest BCUT2D eigenvalue weighted by Gasteiger charge is 2.31. The molecule has 0 unspecified atom stereocenters. The Morgan fingerprint density at radius 3 is 2.45 bits per heavy atom. The molecule has 1 aromatic heterocycles. The van der Waals surface area contributed by atoms with Gasteiger partial charge in [0.2, 0.25) is 5.95 Å². The number of aryl methyl sites for hydroxylation is 1. The zero-order valence-corrected chi connectivity index (χ0v) is 16.6. The first-order valence-electron chi connectivity index (χ1n) is 9.63. The molecule has 0 saturated carbocycles. The van der Waals surface area contributed by atoms with E-state index in [4.69, 9.17) is 4.74 Å². The molecule has 0 fully saturated rings. The Hall–Kier alpha value is -3.62. The number of nitrogens with zero attached hydrogens (tertiary/aromatic N) is 2. The number of benzene rings is 2. The Morgan fingerprint density at radius 1 is 0.968 bits per heavy atom. The summed E-state index contributed by atoms with van der Waals surface area (Å²) in [5, 5.41) is 5.96. The number of carbonyl (C=O) groups is 1. The van der Waals surface area contributed by atoms with Crippen molar-refractivity contribution in [1.82, 2.24) is 9.97 Å². The van der Waals surface area contributed by atoms with Crippen LogP contribution in [0.25, 0.3) is 0 Å². The van der Waals surface area contributed by atoms with Crippen LogP contribution >= 0.6 is 0 Å². The number of fused-ring (bicyclic) bond motifs is 1. The van der Waals surface area contributed by atoms with Crippen LogP contribution in [0.3, 0.4) is 0 Å². The van der Waals surface area contributed by atoms with Gasteiger partial charge in [0.05, 0.1) is 23.9 Å². The van der Waals surface area contributed by atoms with Crippen molar-refractivity contribution in [3.8, 4) is 5.75 Å². The van der Waals surface area contributed by atoms with Gasteiger partial charge in [0.1, 0.15) is 11.6 Å². The van der Waals surface area contributed by atoms with Crippen LogP contribution in [0, 0.1) is 0 Å². The fourth-order valence-electron chi connectivity index (χ4n) is 3.41. The summed E-state index contributed by atoms with van der Waals surface area (Å²) in [4.78, 5) is 21.4. The summed E-state index contributed by atoms with van der Waals surface area (Å²) in [7, 11) is 1.55. The van der Waals surface area contributed by atoms with Crippen molar-refractivity contribution >= 4 is 28.9 Å². The second kappa shape index (κ2) is 8.25. The minimum atomic E-state index is -4.47. The molecule has 1 heterocycles. The largest absolute Gasteiger partial charge is 0.497 e. The minimum Gasteiger partial charge on any atom is -0.497 e. The van der Waals surface area contributed by atoms with Crippen LogP contribution in [0.1, 0.15) is 34.5 Å². The highest BCUT2D eigenvalue weighted by atomic mass is 19.4. The standard InChI is InChI=1S/C22H19F3N4O2/c1-31-16-8-3-7-15(12-16)27-21-28-17-9-4-10-18(30)19(17)20(29-21)26-14-6-2-5-13(11-14)22(23,24)25/h2-3,5-8,11-12H,4,9-10H2,1H3,(H2,26,27,28,29). The Balaban J connectivity index is 1.72. The summed E-state index contributed by atoms with van der Waals surface area (Å²) >= 11 is 0. The van der Waals surface area contributed by atoms with Gasteiger partial charge in [-0.2, -0.15) is 18.2 Å². The lowest BCUT2D eigenvalue weighted by Gasteiger charge is -2.20. The van der Waals surface area contributed by atoms with E-state index in [1.807, 2.05) is 0 Å². The second-order valence-corrected chi connectivity index (χ2v) is 7.05. The van der Waals surface area contributed by atoms with Crippen molar-refractivity contribution in [2.75, 3.05) is 17.7 Å². The van der Waals surface area contributed by atoms with Crippen LogP contribution in [-0.4, -0.2) is 22.9 Å². The number of methoxy groups -OCH3 is 1. The molecule has 2 N–H and O–H groups in total. The number of carbonyl (C=O) groups excluding carboxylic acids is 1. The molecule has 2 aromatic carbocycles. The lowest BCUT2D eigenvalue weighted by molar-refractivity contribution is -0.137. The number of Topliss-reactive ketones (excluding diaryl/α,β-unsaturated/α-hetero) is 1. The number of anilines is 4. The number of ether oxygens (including phenoxy) is 1. The molecule has 0 radical (unpaired) electrons. The molecular formula is C22H19F3N4O2. The first-order valence-corrected chi connectivity index (χ1v) is 9.63. The molecule has 0 spiro atoms. The van der Waals surface area contributed by atoms with Crippen LogP contribution in [0.15, 0.2) is 48.5 Å². The van der Waals surface area contributed by atoms with E-state index < -0.39 is 11.7 Å². The summed E-state index contributed by atoms with van der Waals surface area (Å²) in [6, 6.07) is 11.9. The van der Waals surface area contributed by atoms with Gasteiger partial charge >= 0.3 is 6.18 Å². The van der Waals surface area contributed by atoms with E-state index in [2.05, 4.69) is 20.6 Å². The van der Waals surface area contributed by atoms with Crippen molar-refractivity contribution in [3.05, 3.63) is 65.4 Å². The molecular weight excluding hydrogens is 409 g/mol. The Morgan fingerprint density at radius 2 is 1.71 bits per heavy atom. The molecule has 4 rings (SSSR count). The molecule has 9 heteroatoms.